The van der Waals surface area contributed by atoms with Crippen LogP contribution < -0.4 is 16.4 Å². The number of hydrogen-bond acceptors (Lipinski definition) is 19. The lowest BCUT2D eigenvalue weighted by Gasteiger charge is -2.30. The molecule has 0 spiro atoms. The molecule has 1 fully saturated rings. The van der Waals surface area contributed by atoms with Gasteiger partial charge in [0.05, 0.1) is 25.6 Å². The number of nitrogen functional groups attached to an aromatic ring is 1. The Labute approximate surface area is 424 Å². The van der Waals surface area contributed by atoms with E-state index in [9.17, 15) is 63.0 Å². The third kappa shape index (κ3) is 24.3. The van der Waals surface area contributed by atoms with Crippen LogP contribution in [0.4, 0.5) is 5.82 Å². The fourth-order valence-corrected chi connectivity index (χ4v) is 11.0. The van der Waals surface area contributed by atoms with E-state index >= 15 is 0 Å². The van der Waals surface area contributed by atoms with Crippen molar-refractivity contribution in [2.75, 3.05) is 37.8 Å². The number of amides is 2. The van der Waals surface area contributed by atoms with Gasteiger partial charge in [-0.3, -0.25) is 32.5 Å². The average molecular weight is 1100 g/mol. The van der Waals surface area contributed by atoms with Gasteiger partial charge in [-0.15, -0.1) is 0 Å². The Morgan fingerprint density at radius 1 is 0.875 bits per heavy atom. The maximum absolute atomic E-state index is 12.8. The fraction of sp³-hybridized carbons (Fsp3) is 0.767. The molecular formula is C43H76N7O18P3S. The number of fused-ring (bicyclic) bond motifs is 1. The quantitative estimate of drug-likeness (QED) is 0.0234. The molecule has 1 aliphatic rings. The van der Waals surface area contributed by atoms with E-state index in [1.807, 2.05) is 0 Å². The van der Waals surface area contributed by atoms with Crippen molar-refractivity contribution < 1.29 is 85.6 Å². The second-order valence-corrected chi connectivity index (χ2v) is 23.6. The van der Waals surface area contributed by atoms with Crippen LogP contribution in [0.2, 0.25) is 0 Å². The summed E-state index contributed by atoms with van der Waals surface area (Å²) < 4.78 is 62.5. The van der Waals surface area contributed by atoms with Crippen LogP contribution in [-0.4, -0.2) is 134 Å². The second-order valence-electron chi connectivity index (χ2n) is 18.2. The molecule has 8 unspecified atom stereocenters. The number of rotatable bonds is 38. The minimum atomic E-state index is -5.58. The van der Waals surface area contributed by atoms with Gasteiger partial charge in [0, 0.05) is 37.1 Å². The maximum Gasteiger partial charge on any atom is 0.481 e. The van der Waals surface area contributed by atoms with Crippen molar-refractivity contribution in [3.8, 4) is 0 Å². The van der Waals surface area contributed by atoms with Gasteiger partial charge < -0.3 is 56.0 Å². The number of thioether (sulfide) groups is 1. The van der Waals surface area contributed by atoms with Gasteiger partial charge in [0.25, 0.3) is 0 Å². The van der Waals surface area contributed by atoms with E-state index in [-0.39, 0.29) is 47.7 Å². The summed E-state index contributed by atoms with van der Waals surface area (Å²) in [7, 11) is -16.4. The first-order chi connectivity index (χ1) is 33.9. The molecule has 2 aromatic heterocycles. The predicted octanol–water partition coefficient (Wildman–Crippen LogP) is 5.23. The summed E-state index contributed by atoms with van der Waals surface area (Å²) in [4.78, 5) is 88.5. The molecule has 1 aliphatic heterocycles. The minimum absolute atomic E-state index is 0.0309. The number of unbranched alkanes of at least 4 members (excludes halogenated alkanes) is 12. The van der Waals surface area contributed by atoms with Gasteiger partial charge in [-0.05, 0) is 32.1 Å². The van der Waals surface area contributed by atoms with Crippen LogP contribution >= 0.6 is 35.2 Å². The van der Waals surface area contributed by atoms with E-state index in [1.54, 1.807) is 0 Å². The Balaban J connectivity index is 1.25. The molecule has 0 radical (unpaired) electrons. The number of aliphatic hydroxyl groups is 3. The smallest absolute Gasteiger partial charge is 0.393 e. The van der Waals surface area contributed by atoms with Crippen LogP contribution in [0.25, 0.3) is 11.2 Å². The monoisotopic (exact) mass is 1100 g/mol. The first-order valence-corrected chi connectivity index (χ1v) is 29.8. The number of nitrogens with one attached hydrogen (secondary N) is 2. The van der Waals surface area contributed by atoms with Gasteiger partial charge in [0.1, 0.15) is 36.3 Å². The molecule has 2 amide bonds. The molecule has 1 saturated heterocycles. The van der Waals surface area contributed by atoms with E-state index in [1.165, 1.54) is 58.8 Å². The van der Waals surface area contributed by atoms with E-state index in [0.29, 0.717) is 12.2 Å². The summed E-state index contributed by atoms with van der Waals surface area (Å²) in [6.45, 7) is 2.73. The largest absolute Gasteiger partial charge is 0.481 e. The van der Waals surface area contributed by atoms with E-state index in [4.69, 9.17) is 19.5 Å². The van der Waals surface area contributed by atoms with Gasteiger partial charge in [0.15, 0.2) is 22.8 Å². The number of imidazole rings is 1. The number of anilines is 1. The summed E-state index contributed by atoms with van der Waals surface area (Å²) in [6.07, 6.45) is 15.0. The Bertz CT molecular complexity index is 2150. The zero-order valence-corrected chi connectivity index (χ0v) is 44.8. The number of ether oxygens (including phenoxy) is 1. The van der Waals surface area contributed by atoms with E-state index in [2.05, 4.69) is 53.5 Å². The highest BCUT2D eigenvalue weighted by Crippen LogP contribution is 2.61. The third-order valence-corrected chi connectivity index (χ3v) is 15.5. The third-order valence-electron chi connectivity index (χ3n) is 11.5. The van der Waals surface area contributed by atoms with Gasteiger partial charge in [-0.25, -0.2) is 28.6 Å². The maximum atomic E-state index is 12.8. The molecule has 3 rings (SSSR count). The van der Waals surface area contributed by atoms with Crippen molar-refractivity contribution >= 4 is 69.1 Å². The van der Waals surface area contributed by atoms with Crippen LogP contribution in [0, 0.1) is 5.41 Å². The Morgan fingerprint density at radius 3 is 2.19 bits per heavy atom. The second kappa shape index (κ2) is 32.0. The number of allylic oxidation sites excluding steroid dienone is 1. The molecule has 3 heterocycles. The van der Waals surface area contributed by atoms with Crippen LogP contribution in [0.3, 0.4) is 0 Å². The number of carbonyl (C=O) groups is 3. The average Bonchev–Trinajstić information content (AvgIpc) is 3.87. The van der Waals surface area contributed by atoms with Crippen LogP contribution in [-0.2, 0) is 50.7 Å². The standard InChI is InChI=1S/C43H76N7O18P3S/c1-4-5-6-7-14-17-20-31(51)21-18-15-12-10-8-9-11-13-16-19-22-34(53)72-26-25-45-33(52)23-24-46-41(56)38(55)43(2,3)28-65-71(62,63)68-70(60,61)64-27-32-37(67-69(57,58)59)36(54)42(66-32)50-30-49-35-39(44)47-29-48-40(35)50/h14,17,29-32,36-38,42,51,54-55H,4-13,15-16,18-28H2,1-3H3,(H,45,52)(H,46,56)(H,60,61)(H,62,63)(H2,44,47,48)(H2,57,58,59)/b17-14+. The van der Waals surface area contributed by atoms with Crippen molar-refractivity contribution in [2.24, 2.45) is 5.41 Å². The number of aliphatic hydroxyl groups excluding tert-OH is 3. The van der Waals surface area contributed by atoms with Crippen LogP contribution in [0.1, 0.15) is 143 Å². The number of aromatic nitrogens is 4. The van der Waals surface area contributed by atoms with E-state index in [0.717, 1.165) is 86.8 Å². The fourth-order valence-electron chi connectivity index (χ4n) is 7.43. The topological polar surface area (TPSA) is 384 Å². The van der Waals surface area contributed by atoms with Crippen LogP contribution in [0.5, 0.6) is 0 Å². The van der Waals surface area contributed by atoms with Gasteiger partial charge >= 0.3 is 23.5 Å². The number of nitrogens with zero attached hydrogens (tertiary/aromatic N) is 4. The SMILES string of the molecule is CCCCC/C=C/CC(O)CCCCCCCCCCCCC(=O)SCCNC(=O)CCNC(=O)C(O)C(C)(C)COP(=O)(O)OP(=O)(O)OCC1OC(n2cnc3c(N)ncnc32)C(O)C1OP(=O)(O)O. The molecule has 25 nitrogen and oxygen atoms in total. The number of carbonyl (C=O) groups excluding carboxylic acids is 3. The van der Waals surface area contributed by atoms with Crippen molar-refractivity contribution in [1.29, 1.82) is 0 Å². The number of phosphoric acid groups is 3. The number of phosphoric ester groups is 3. The highest BCUT2D eigenvalue weighted by Gasteiger charge is 2.50. The molecule has 8 atom stereocenters. The zero-order chi connectivity index (χ0) is 53.4. The molecule has 0 aliphatic carbocycles. The van der Waals surface area contributed by atoms with E-state index < -0.39 is 84.6 Å². The lowest BCUT2D eigenvalue weighted by molar-refractivity contribution is -0.137. The molecular weight excluding hydrogens is 1030 g/mol. The normalized spacial score (nSPS) is 20.1. The molecule has 0 bridgehead atoms. The number of hydrogen-bond donors (Lipinski definition) is 10. The molecule has 0 saturated carbocycles. The van der Waals surface area contributed by atoms with Gasteiger partial charge in [0.2, 0.25) is 11.8 Å². The summed E-state index contributed by atoms with van der Waals surface area (Å²) >= 11 is 1.14. The summed E-state index contributed by atoms with van der Waals surface area (Å²) in [5, 5.41) is 36.8. The van der Waals surface area contributed by atoms with Gasteiger partial charge in [-0.1, -0.05) is 115 Å². The number of nitrogens with two attached hydrogens (primary N) is 1. The van der Waals surface area contributed by atoms with Gasteiger partial charge in [-0.2, -0.15) is 4.31 Å². The highest BCUT2D eigenvalue weighted by atomic mass is 32.2. The molecule has 72 heavy (non-hydrogen) atoms. The molecule has 11 N–H and O–H groups in total. The van der Waals surface area contributed by atoms with Crippen molar-refractivity contribution in [1.82, 2.24) is 30.2 Å². The molecule has 0 aromatic carbocycles. The first kappa shape index (κ1) is 63.6. The molecule has 2 aromatic rings. The highest BCUT2D eigenvalue weighted by molar-refractivity contribution is 8.13. The Hall–Kier alpha value is -2.74. The Morgan fingerprint density at radius 2 is 1.53 bits per heavy atom. The van der Waals surface area contributed by atoms with Crippen molar-refractivity contribution in [3.63, 3.8) is 0 Å². The predicted molar refractivity (Wildman–Crippen MR) is 266 cm³/mol. The summed E-state index contributed by atoms with van der Waals surface area (Å²) in [5.74, 6) is -1.06. The molecule has 412 valence electrons. The summed E-state index contributed by atoms with van der Waals surface area (Å²) in [6, 6.07) is 0. The summed E-state index contributed by atoms with van der Waals surface area (Å²) in [5.41, 5.74) is 4.28. The lowest BCUT2D eigenvalue weighted by atomic mass is 9.87. The lowest BCUT2D eigenvalue weighted by Crippen LogP contribution is -2.46. The van der Waals surface area contributed by atoms with Crippen molar-refractivity contribution in [2.45, 2.75) is 173 Å². The zero-order valence-electron chi connectivity index (χ0n) is 41.3. The Kier molecular flexibility index (Phi) is 28.2. The van der Waals surface area contributed by atoms with Crippen LogP contribution in [0.15, 0.2) is 24.8 Å². The first-order valence-electron chi connectivity index (χ1n) is 24.3. The molecule has 29 heteroatoms. The van der Waals surface area contributed by atoms with Crippen molar-refractivity contribution in [3.05, 3.63) is 24.8 Å². The minimum Gasteiger partial charge on any atom is -0.393 e.